The smallest absolute Gasteiger partial charge is 0.251 e. The van der Waals surface area contributed by atoms with Crippen LogP contribution in [0.15, 0.2) is 103 Å². The van der Waals surface area contributed by atoms with Crippen molar-refractivity contribution in [3.05, 3.63) is 125 Å². The molecule has 1 amide bonds. The molecule has 0 saturated carbocycles. The Morgan fingerprint density at radius 3 is 2.48 bits per heavy atom. The Kier molecular flexibility index (Phi) is 5.86. The fourth-order valence-electron chi connectivity index (χ4n) is 4.34. The molecule has 3 aromatic carbocycles. The van der Waals surface area contributed by atoms with Crippen LogP contribution >= 0.6 is 0 Å². The molecule has 0 fully saturated rings. The average molecular weight is 432 g/mol. The molecule has 0 atom stereocenters. The minimum Gasteiger partial charge on any atom is -0.322 e. The van der Waals surface area contributed by atoms with Gasteiger partial charge >= 0.3 is 0 Å². The van der Waals surface area contributed by atoms with Crippen LogP contribution in [0.25, 0.3) is 17.2 Å². The van der Waals surface area contributed by atoms with Crippen molar-refractivity contribution in [1.29, 1.82) is 0 Å². The SMILES string of the molecule is Cc1ccc[n+](Cc2ccc(NC(=O)C3=Cc4cc(-c5ccccc5)ccc4CC3)cc2)c1. The summed E-state index contributed by atoms with van der Waals surface area (Å²) in [4.78, 5) is 13.0. The molecule has 3 heteroatoms. The number of rotatable bonds is 5. The Morgan fingerprint density at radius 2 is 1.70 bits per heavy atom. The summed E-state index contributed by atoms with van der Waals surface area (Å²) in [6.07, 6.45) is 7.89. The summed E-state index contributed by atoms with van der Waals surface area (Å²) >= 11 is 0. The predicted octanol–water partition coefficient (Wildman–Crippen LogP) is 5.97. The maximum atomic E-state index is 13.0. The van der Waals surface area contributed by atoms with Gasteiger partial charge in [-0.2, -0.15) is 0 Å². The fourth-order valence-corrected chi connectivity index (χ4v) is 4.34. The number of hydrogen-bond acceptors (Lipinski definition) is 1. The second-order valence-corrected chi connectivity index (χ2v) is 8.65. The number of carbonyl (C=O) groups excluding carboxylic acids is 1. The van der Waals surface area contributed by atoms with Gasteiger partial charge in [-0.1, -0.05) is 54.6 Å². The Hall–Kier alpha value is -3.98. The number of pyridine rings is 1. The first-order valence-corrected chi connectivity index (χ1v) is 11.4. The summed E-state index contributed by atoms with van der Waals surface area (Å²) in [5.41, 5.74) is 8.88. The molecule has 0 aliphatic heterocycles. The molecular formula is C30H27N2O+. The predicted molar refractivity (Wildman–Crippen MR) is 134 cm³/mol. The normalized spacial score (nSPS) is 12.6. The fraction of sp³-hybridized carbons (Fsp3) is 0.133. The molecule has 0 unspecified atom stereocenters. The molecule has 0 spiro atoms. The van der Waals surface area contributed by atoms with Crippen molar-refractivity contribution >= 4 is 17.7 Å². The van der Waals surface area contributed by atoms with E-state index in [0.29, 0.717) is 0 Å². The first-order chi connectivity index (χ1) is 16.1. The lowest BCUT2D eigenvalue weighted by molar-refractivity contribution is -0.688. The van der Waals surface area contributed by atoms with Crippen molar-refractivity contribution in [2.75, 3.05) is 5.32 Å². The third-order valence-electron chi connectivity index (χ3n) is 6.12. The van der Waals surface area contributed by atoms with Crippen LogP contribution in [0.5, 0.6) is 0 Å². The zero-order valence-electron chi connectivity index (χ0n) is 18.8. The van der Waals surface area contributed by atoms with Crippen molar-refractivity contribution in [2.24, 2.45) is 0 Å². The largest absolute Gasteiger partial charge is 0.322 e. The Labute approximate surface area is 195 Å². The third kappa shape index (κ3) is 4.93. The van der Waals surface area contributed by atoms with Gasteiger partial charge in [-0.05, 0) is 72.4 Å². The van der Waals surface area contributed by atoms with Crippen LogP contribution < -0.4 is 9.88 Å². The minimum atomic E-state index is -0.0217. The highest BCUT2D eigenvalue weighted by atomic mass is 16.1. The monoisotopic (exact) mass is 431 g/mol. The van der Waals surface area contributed by atoms with Gasteiger partial charge in [0.15, 0.2) is 18.9 Å². The molecule has 1 heterocycles. The minimum absolute atomic E-state index is 0.0217. The van der Waals surface area contributed by atoms with Gasteiger partial charge in [-0.25, -0.2) is 4.57 Å². The second-order valence-electron chi connectivity index (χ2n) is 8.65. The molecule has 1 N–H and O–H groups in total. The van der Waals surface area contributed by atoms with Crippen LogP contribution in [-0.2, 0) is 17.8 Å². The van der Waals surface area contributed by atoms with Crippen molar-refractivity contribution < 1.29 is 9.36 Å². The van der Waals surface area contributed by atoms with Gasteiger partial charge < -0.3 is 5.32 Å². The number of benzene rings is 3. The molecule has 1 aliphatic rings. The number of aryl methyl sites for hydroxylation is 2. The van der Waals surface area contributed by atoms with Gasteiger partial charge in [0.05, 0.1) is 0 Å². The molecule has 3 nitrogen and oxygen atoms in total. The van der Waals surface area contributed by atoms with E-state index in [4.69, 9.17) is 0 Å². The molecule has 1 aromatic heterocycles. The lowest BCUT2D eigenvalue weighted by Crippen LogP contribution is -2.33. The molecule has 33 heavy (non-hydrogen) atoms. The standard InChI is InChI=1S/C30H26N2O/c1-22-6-5-17-32(20-22)21-23-9-15-29(16-10-23)31-30(33)27-14-12-25-11-13-26(18-28(25)19-27)24-7-3-2-4-8-24/h2-11,13,15-20H,12,14,21H2,1H3/p+1. The van der Waals surface area contributed by atoms with Crippen LogP contribution in [0.3, 0.4) is 0 Å². The number of amides is 1. The lowest BCUT2D eigenvalue weighted by atomic mass is 9.89. The van der Waals surface area contributed by atoms with E-state index in [-0.39, 0.29) is 5.91 Å². The maximum absolute atomic E-state index is 13.0. The van der Waals surface area contributed by atoms with E-state index in [2.05, 4.69) is 83.8 Å². The van der Waals surface area contributed by atoms with E-state index in [1.54, 1.807) is 0 Å². The van der Waals surface area contributed by atoms with E-state index in [9.17, 15) is 4.79 Å². The molecule has 0 saturated heterocycles. The van der Waals surface area contributed by atoms with E-state index in [0.717, 1.165) is 36.2 Å². The van der Waals surface area contributed by atoms with Crippen LogP contribution in [0.1, 0.15) is 28.7 Å². The van der Waals surface area contributed by atoms with Gasteiger partial charge in [0.2, 0.25) is 0 Å². The average Bonchev–Trinajstić information content (AvgIpc) is 2.85. The number of aromatic nitrogens is 1. The summed E-state index contributed by atoms with van der Waals surface area (Å²) in [6.45, 7) is 2.90. The number of nitrogens with one attached hydrogen (secondary N) is 1. The maximum Gasteiger partial charge on any atom is 0.251 e. The van der Waals surface area contributed by atoms with Crippen molar-refractivity contribution in [1.82, 2.24) is 0 Å². The topological polar surface area (TPSA) is 33.0 Å². The summed E-state index contributed by atoms with van der Waals surface area (Å²) in [6, 6.07) is 29.2. The van der Waals surface area contributed by atoms with Gasteiger partial charge in [0, 0.05) is 28.5 Å². The van der Waals surface area contributed by atoms with Crippen molar-refractivity contribution in [2.45, 2.75) is 26.3 Å². The summed E-state index contributed by atoms with van der Waals surface area (Å²) < 4.78 is 2.16. The quantitative estimate of drug-likeness (QED) is 0.388. The molecule has 0 bridgehead atoms. The molecule has 5 rings (SSSR count). The second kappa shape index (κ2) is 9.25. The number of carbonyl (C=O) groups is 1. The zero-order valence-corrected chi connectivity index (χ0v) is 18.8. The summed E-state index contributed by atoms with van der Waals surface area (Å²) in [7, 11) is 0. The number of nitrogens with zero attached hydrogens (tertiary/aromatic N) is 1. The third-order valence-corrected chi connectivity index (χ3v) is 6.12. The highest BCUT2D eigenvalue weighted by Crippen LogP contribution is 2.29. The van der Waals surface area contributed by atoms with Gasteiger partial charge in [0.25, 0.3) is 5.91 Å². The first kappa shape index (κ1) is 20.9. The molecule has 0 radical (unpaired) electrons. The zero-order chi connectivity index (χ0) is 22.6. The number of anilines is 1. The van der Waals surface area contributed by atoms with E-state index < -0.39 is 0 Å². The Bertz CT molecular complexity index is 1320. The van der Waals surface area contributed by atoms with Crippen LogP contribution in [0, 0.1) is 6.92 Å². The Balaban J connectivity index is 1.29. The molecular weight excluding hydrogens is 404 g/mol. The van der Waals surface area contributed by atoms with Crippen molar-refractivity contribution in [3.63, 3.8) is 0 Å². The van der Waals surface area contributed by atoms with E-state index in [1.165, 1.54) is 27.8 Å². The highest BCUT2D eigenvalue weighted by molar-refractivity contribution is 6.07. The summed E-state index contributed by atoms with van der Waals surface area (Å²) in [5.74, 6) is -0.0217. The molecule has 162 valence electrons. The molecule has 4 aromatic rings. The highest BCUT2D eigenvalue weighted by Gasteiger charge is 2.17. The van der Waals surface area contributed by atoms with Crippen LogP contribution in [-0.4, -0.2) is 5.91 Å². The molecule has 1 aliphatic carbocycles. The lowest BCUT2D eigenvalue weighted by Gasteiger charge is -2.17. The number of hydrogen-bond donors (Lipinski definition) is 1. The van der Waals surface area contributed by atoms with Crippen molar-refractivity contribution in [3.8, 4) is 11.1 Å². The summed E-state index contributed by atoms with van der Waals surface area (Å²) in [5, 5.41) is 3.07. The van der Waals surface area contributed by atoms with Crippen LogP contribution in [0.2, 0.25) is 0 Å². The van der Waals surface area contributed by atoms with Gasteiger partial charge in [-0.15, -0.1) is 0 Å². The number of fused-ring (bicyclic) bond motifs is 1. The van der Waals surface area contributed by atoms with E-state index in [1.807, 2.05) is 36.4 Å². The van der Waals surface area contributed by atoms with Crippen LogP contribution in [0.4, 0.5) is 5.69 Å². The van der Waals surface area contributed by atoms with Gasteiger partial charge in [-0.3, -0.25) is 4.79 Å². The first-order valence-electron chi connectivity index (χ1n) is 11.4. The van der Waals surface area contributed by atoms with Gasteiger partial charge in [0.1, 0.15) is 0 Å². The van der Waals surface area contributed by atoms with E-state index >= 15 is 0 Å². The Morgan fingerprint density at radius 1 is 0.879 bits per heavy atom.